The van der Waals surface area contributed by atoms with Crippen LogP contribution in [-0.2, 0) is 16.5 Å². The van der Waals surface area contributed by atoms with Gasteiger partial charge in [0.25, 0.3) is 6.01 Å². The monoisotopic (exact) mass is 544 g/mol. The van der Waals surface area contributed by atoms with Crippen LogP contribution in [-0.4, -0.2) is 32.5 Å². The van der Waals surface area contributed by atoms with Crippen LogP contribution in [0.5, 0.6) is 5.75 Å². The van der Waals surface area contributed by atoms with E-state index in [1.807, 2.05) is 30.3 Å². The first kappa shape index (κ1) is 27.5. The molecule has 1 heterocycles. The molecule has 1 unspecified atom stereocenters. The van der Waals surface area contributed by atoms with E-state index in [0.29, 0.717) is 27.8 Å². The highest BCUT2D eigenvalue weighted by Crippen LogP contribution is 2.39. The van der Waals surface area contributed by atoms with Crippen LogP contribution >= 0.6 is 23.2 Å². The zero-order chi connectivity index (χ0) is 26.5. The number of nitrogens with two attached hydrogens (primary N) is 1. The van der Waals surface area contributed by atoms with Gasteiger partial charge in [0.15, 0.2) is 11.3 Å². The third-order valence-electron chi connectivity index (χ3n) is 5.55. The van der Waals surface area contributed by atoms with Gasteiger partial charge in [-0.05, 0) is 52.8 Å². The number of oxazole rings is 1. The van der Waals surface area contributed by atoms with Gasteiger partial charge >= 0.3 is 0 Å². The Morgan fingerprint density at radius 3 is 2.39 bits per heavy atom. The highest BCUT2D eigenvalue weighted by atomic mass is 35.5. The van der Waals surface area contributed by atoms with E-state index in [2.05, 4.69) is 49.2 Å². The van der Waals surface area contributed by atoms with Crippen LogP contribution in [0.15, 0.2) is 59.0 Å². The average molecular weight is 545 g/mol. The van der Waals surface area contributed by atoms with E-state index >= 15 is 0 Å². The summed E-state index contributed by atoms with van der Waals surface area (Å²) in [6.07, 6.45) is 1.08. The first-order valence-electron chi connectivity index (χ1n) is 10.8. The Kier molecular flexibility index (Phi) is 8.98. The number of anilines is 1. The Balaban J connectivity index is 0.000000840. The van der Waals surface area contributed by atoms with Crippen molar-refractivity contribution >= 4 is 51.4 Å². The van der Waals surface area contributed by atoms with Crippen molar-refractivity contribution in [2.45, 2.75) is 19.3 Å². The van der Waals surface area contributed by atoms with Crippen molar-refractivity contribution in [3.63, 3.8) is 0 Å². The summed E-state index contributed by atoms with van der Waals surface area (Å²) in [4.78, 5) is 4.20. The minimum Gasteiger partial charge on any atom is -0.773 e. The van der Waals surface area contributed by atoms with Crippen molar-refractivity contribution in [3.8, 4) is 22.9 Å². The van der Waals surface area contributed by atoms with Crippen molar-refractivity contribution in [1.82, 2.24) is 4.98 Å². The predicted molar refractivity (Wildman–Crippen MR) is 143 cm³/mol. The standard InChI is InChI=1S/C25H21Cl2N3O2.CH4O2S/c1-25(2,19-11-17(14-28)23(20(27)13-19)31-10-9-26)18-6-3-15(4-7-18)16-5-8-22-21(12-16)30-24(29)32-22;1-4(2)3/h3-8,11-13H,9-10H2,1-2H3,(H2,29,30);1H3,(H,2,3)/p-1. The fraction of sp³-hybridized carbons (Fsp3) is 0.231. The first-order chi connectivity index (χ1) is 17.1. The summed E-state index contributed by atoms with van der Waals surface area (Å²) in [5, 5.41) is 10.00. The molecule has 0 fully saturated rings. The highest BCUT2D eigenvalue weighted by Gasteiger charge is 2.26. The Hall–Kier alpha value is -3.09. The summed E-state index contributed by atoms with van der Waals surface area (Å²) >= 11 is 10.3. The fourth-order valence-corrected chi connectivity index (χ4v) is 4.05. The van der Waals surface area contributed by atoms with E-state index in [-0.39, 0.29) is 18.0 Å². The molecule has 0 saturated heterocycles. The Morgan fingerprint density at radius 1 is 1.14 bits per heavy atom. The van der Waals surface area contributed by atoms with Gasteiger partial charge in [0.05, 0.1) is 16.5 Å². The number of nitriles is 1. The molecular weight excluding hydrogens is 521 g/mol. The number of alkyl halides is 1. The van der Waals surface area contributed by atoms with Gasteiger partial charge in [0.2, 0.25) is 0 Å². The third-order valence-corrected chi connectivity index (χ3v) is 5.99. The summed E-state index contributed by atoms with van der Waals surface area (Å²) in [6.45, 7) is 4.48. The lowest BCUT2D eigenvalue weighted by Gasteiger charge is -2.27. The van der Waals surface area contributed by atoms with Crippen LogP contribution in [0, 0.1) is 11.3 Å². The van der Waals surface area contributed by atoms with E-state index in [1.165, 1.54) is 0 Å². The number of benzene rings is 3. The Labute approximate surface area is 222 Å². The van der Waals surface area contributed by atoms with Crippen molar-refractivity contribution in [3.05, 3.63) is 76.3 Å². The Bertz CT molecular complexity index is 1430. The second-order valence-electron chi connectivity index (χ2n) is 8.32. The van der Waals surface area contributed by atoms with Gasteiger partial charge in [0, 0.05) is 5.41 Å². The molecule has 0 radical (unpaired) electrons. The van der Waals surface area contributed by atoms with E-state index in [1.54, 1.807) is 0 Å². The quantitative estimate of drug-likeness (QED) is 0.231. The van der Waals surface area contributed by atoms with Crippen LogP contribution in [0.4, 0.5) is 6.01 Å². The van der Waals surface area contributed by atoms with Crippen LogP contribution in [0.25, 0.3) is 22.2 Å². The number of aromatic nitrogens is 1. The molecule has 3 aromatic carbocycles. The number of hydrogen-bond acceptors (Lipinski definition) is 7. The molecule has 1 atom stereocenters. The lowest BCUT2D eigenvalue weighted by molar-refractivity contribution is 0.341. The van der Waals surface area contributed by atoms with E-state index < -0.39 is 11.1 Å². The van der Waals surface area contributed by atoms with Gasteiger partial charge in [0.1, 0.15) is 18.2 Å². The van der Waals surface area contributed by atoms with Crippen molar-refractivity contribution in [2.75, 3.05) is 24.5 Å². The second-order valence-corrected chi connectivity index (χ2v) is 9.91. The fourth-order valence-electron chi connectivity index (χ4n) is 3.70. The van der Waals surface area contributed by atoms with E-state index in [0.717, 1.165) is 34.0 Å². The molecule has 188 valence electrons. The lowest BCUT2D eigenvalue weighted by atomic mass is 9.77. The number of ether oxygens (including phenoxy) is 1. The number of halogens is 2. The minimum absolute atomic E-state index is 0.156. The maximum Gasteiger partial charge on any atom is 0.292 e. The molecule has 0 aliphatic heterocycles. The molecule has 4 rings (SSSR count). The van der Waals surface area contributed by atoms with E-state index in [9.17, 15) is 5.26 Å². The predicted octanol–water partition coefficient (Wildman–Crippen LogP) is 6.04. The Morgan fingerprint density at radius 2 is 1.78 bits per heavy atom. The second kappa shape index (κ2) is 11.8. The molecule has 10 heteroatoms. The van der Waals surface area contributed by atoms with Crippen LogP contribution in [0.2, 0.25) is 5.02 Å². The zero-order valence-electron chi connectivity index (χ0n) is 19.9. The molecule has 7 nitrogen and oxygen atoms in total. The maximum atomic E-state index is 9.60. The first-order valence-corrected chi connectivity index (χ1v) is 13.2. The largest absolute Gasteiger partial charge is 0.773 e. The van der Waals surface area contributed by atoms with Gasteiger partial charge in [-0.2, -0.15) is 10.2 Å². The van der Waals surface area contributed by atoms with Gasteiger partial charge in [-0.15, -0.1) is 11.6 Å². The number of nitrogen functional groups attached to an aromatic ring is 1. The molecule has 0 amide bonds. The van der Waals surface area contributed by atoms with Gasteiger partial charge < -0.3 is 19.4 Å². The van der Waals surface area contributed by atoms with Gasteiger partial charge in [-0.25, -0.2) is 0 Å². The minimum atomic E-state index is -1.86. The van der Waals surface area contributed by atoms with Crippen molar-refractivity contribution < 1.29 is 17.9 Å². The molecule has 0 aliphatic rings. The van der Waals surface area contributed by atoms with Crippen LogP contribution in [0.3, 0.4) is 0 Å². The molecule has 0 saturated carbocycles. The molecule has 4 aromatic rings. The number of hydrogen-bond donors (Lipinski definition) is 1. The third kappa shape index (κ3) is 6.37. The molecule has 2 N–H and O–H groups in total. The molecule has 1 aromatic heterocycles. The normalized spacial score (nSPS) is 11.9. The highest BCUT2D eigenvalue weighted by molar-refractivity contribution is 7.78. The molecule has 0 bridgehead atoms. The SMILES string of the molecule is CC(C)(c1ccc(-c2ccc3oc(N)nc3c2)cc1)c1cc(Cl)c(OCCCl)c(C#N)c1.CS(=O)[O-]. The molecule has 36 heavy (non-hydrogen) atoms. The summed E-state index contributed by atoms with van der Waals surface area (Å²) in [6, 6.07) is 20.1. The smallest absolute Gasteiger partial charge is 0.292 e. The van der Waals surface area contributed by atoms with Gasteiger partial charge in [-0.1, -0.05) is 66.9 Å². The number of nitrogens with zero attached hydrogens (tertiary/aromatic N) is 2. The summed E-state index contributed by atoms with van der Waals surface area (Å²) in [5.74, 6) is 0.686. The van der Waals surface area contributed by atoms with E-state index in [4.69, 9.17) is 46.9 Å². The molecule has 0 aliphatic carbocycles. The van der Waals surface area contributed by atoms with Crippen molar-refractivity contribution in [2.24, 2.45) is 0 Å². The van der Waals surface area contributed by atoms with Crippen molar-refractivity contribution in [1.29, 1.82) is 5.26 Å². The number of rotatable bonds is 6. The maximum absolute atomic E-state index is 9.60. The van der Waals surface area contributed by atoms with Crippen LogP contribution in [0.1, 0.15) is 30.5 Å². The average Bonchev–Trinajstić information content (AvgIpc) is 3.21. The summed E-state index contributed by atoms with van der Waals surface area (Å²) in [7, 11) is 0. The zero-order valence-corrected chi connectivity index (χ0v) is 22.2. The lowest BCUT2D eigenvalue weighted by Crippen LogP contribution is -2.19. The topological polar surface area (TPSA) is 125 Å². The number of fused-ring (bicyclic) bond motifs is 1. The van der Waals surface area contributed by atoms with Crippen LogP contribution < -0.4 is 10.5 Å². The van der Waals surface area contributed by atoms with Gasteiger partial charge in [-0.3, -0.25) is 4.21 Å². The molecule has 0 spiro atoms. The summed E-state index contributed by atoms with van der Waals surface area (Å²) < 4.78 is 28.9. The molecular formula is C26H24Cl2N3O4S-. The summed E-state index contributed by atoms with van der Waals surface area (Å²) in [5.41, 5.74) is 11.1.